The van der Waals surface area contributed by atoms with Gasteiger partial charge in [-0.1, -0.05) is 48.5 Å². The van der Waals surface area contributed by atoms with Crippen molar-refractivity contribution in [1.82, 2.24) is 14.8 Å². The predicted octanol–water partition coefficient (Wildman–Crippen LogP) is 4.94. The number of carbonyl (C=O) groups excluding carboxylic acids is 1. The average Bonchev–Trinajstić information content (AvgIpc) is 2.85. The molecule has 1 aromatic heterocycles. The fourth-order valence-corrected chi connectivity index (χ4v) is 4.19. The van der Waals surface area contributed by atoms with Gasteiger partial charge in [0.25, 0.3) is 5.91 Å². The highest BCUT2D eigenvalue weighted by Gasteiger charge is 2.22. The number of aromatic nitrogens is 1. The summed E-state index contributed by atoms with van der Waals surface area (Å²) in [6, 6.07) is 28.3. The second kappa shape index (κ2) is 9.20. The van der Waals surface area contributed by atoms with E-state index >= 15 is 0 Å². The molecule has 0 unspecified atom stereocenters. The lowest BCUT2D eigenvalue weighted by Gasteiger charge is -2.34. The summed E-state index contributed by atoms with van der Waals surface area (Å²) >= 11 is 0. The Bertz CT molecular complexity index is 1190. The lowest BCUT2D eigenvalue weighted by Crippen LogP contribution is -2.48. The summed E-state index contributed by atoms with van der Waals surface area (Å²) in [7, 11) is 0. The maximum atomic E-state index is 13.0. The first kappa shape index (κ1) is 20.2. The van der Waals surface area contributed by atoms with Crippen LogP contribution in [0.5, 0.6) is 0 Å². The lowest BCUT2D eigenvalue weighted by atomic mass is 10.1. The number of nitrogens with zero attached hydrogens (tertiary/aromatic N) is 3. The Hall–Kier alpha value is -3.70. The number of rotatable bonds is 5. The number of anilines is 2. The summed E-state index contributed by atoms with van der Waals surface area (Å²) < 4.78 is 0. The maximum Gasteiger partial charge on any atom is 0.253 e. The Balaban J connectivity index is 1.20. The minimum absolute atomic E-state index is 0.102. The molecule has 0 aliphatic carbocycles. The number of para-hydroxylation sites is 1. The number of hydrogen-bond acceptors (Lipinski definition) is 4. The van der Waals surface area contributed by atoms with Gasteiger partial charge in [-0.15, -0.1) is 0 Å². The summed E-state index contributed by atoms with van der Waals surface area (Å²) in [5, 5.41) is 4.52. The summed E-state index contributed by atoms with van der Waals surface area (Å²) in [5.41, 5.74) is 4.95. The van der Waals surface area contributed by atoms with Crippen molar-refractivity contribution in [2.75, 3.05) is 31.5 Å². The van der Waals surface area contributed by atoms with Crippen LogP contribution >= 0.6 is 0 Å². The zero-order valence-corrected chi connectivity index (χ0v) is 17.9. The molecule has 1 amide bonds. The average molecular weight is 423 g/mol. The van der Waals surface area contributed by atoms with Crippen LogP contribution in [-0.4, -0.2) is 46.9 Å². The third-order valence-corrected chi connectivity index (χ3v) is 5.97. The van der Waals surface area contributed by atoms with Crippen molar-refractivity contribution in [1.29, 1.82) is 0 Å². The highest BCUT2D eigenvalue weighted by molar-refractivity contribution is 5.95. The highest BCUT2D eigenvalue weighted by Crippen LogP contribution is 2.25. The second-order valence-corrected chi connectivity index (χ2v) is 8.13. The molecule has 5 rings (SSSR count). The molecule has 3 aromatic carbocycles. The molecule has 1 aliphatic heterocycles. The Morgan fingerprint density at radius 3 is 2.31 bits per heavy atom. The molecule has 1 N–H and O–H groups in total. The van der Waals surface area contributed by atoms with Gasteiger partial charge in [0.15, 0.2) is 0 Å². The number of nitrogens with one attached hydrogen (secondary N) is 1. The first-order chi connectivity index (χ1) is 15.8. The third kappa shape index (κ3) is 4.48. The molecule has 1 aliphatic rings. The van der Waals surface area contributed by atoms with Gasteiger partial charge in [-0.05, 0) is 42.0 Å². The molecule has 0 atom stereocenters. The first-order valence-corrected chi connectivity index (χ1v) is 11.0. The number of piperazine rings is 1. The van der Waals surface area contributed by atoms with Gasteiger partial charge >= 0.3 is 0 Å². The molecule has 0 saturated carbocycles. The van der Waals surface area contributed by atoms with Crippen molar-refractivity contribution in [3.63, 3.8) is 0 Å². The van der Waals surface area contributed by atoms with E-state index in [0.717, 1.165) is 60.6 Å². The molecular weight excluding hydrogens is 396 g/mol. The minimum Gasteiger partial charge on any atom is -0.355 e. The summed E-state index contributed by atoms with van der Waals surface area (Å²) in [5.74, 6) is 0.102. The number of benzene rings is 3. The maximum absolute atomic E-state index is 13.0. The molecule has 160 valence electrons. The Morgan fingerprint density at radius 2 is 1.53 bits per heavy atom. The van der Waals surface area contributed by atoms with E-state index in [0.29, 0.717) is 0 Å². The summed E-state index contributed by atoms with van der Waals surface area (Å²) in [6.07, 6.45) is 1.81. The van der Waals surface area contributed by atoms with E-state index in [-0.39, 0.29) is 5.91 Å². The van der Waals surface area contributed by atoms with Crippen LogP contribution in [0.4, 0.5) is 11.4 Å². The molecule has 0 radical (unpaired) electrons. The molecule has 5 nitrogen and oxygen atoms in total. The standard InChI is InChI=1S/C27H26N4O/c32-27(31-18-16-30(17-19-31)20-21-6-2-1-3-7-21)22-10-12-23(13-11-22)29-26-14-15-28-25-9-5-4-8-24(25)26/h1-15H,16-20H2,(H,28,29). The Kier molecular flexibility index (Phi) is 5.81. The first-order valence-electron chi connectivity index (χ1n) is 11.0. The molecule has 0 bridgehead atoms. The largest absolute Gasteiger partial charge is 0.355 e. The van der Waals surface area contributed by atoms with Crippen molar-refractivity contribution in [3.05, 3.63) is 102 Å². The molecule has 1 saturated heterocycles. The molecule has 0 spiro atoms. The number of hydrogen-bond donors (Lipinski definition) is 1. The molecule has 1 fully saturated rings. The molecular formula is C27H26N4O. The van der Waals surface area contributed by atoms with E-state index in [1.54, 1.807) is 6.20 Å². The van der Waals surface area contributed by atoms with E-state index in [1.807, 2.05) is 59.5 Å². The molecule has 32 heavy (non-hydrogen) atoms. The number of carbonyl (C=O) groups is 1. The number of pyridine rings is 1. The van der Waals surface area contributed by atoms with E-state index in [9.17, 15) is 4.79 Å². The zero-order valence-electron chi connectivity index (χ0n) is 17.9. The SMILES string of the molecule is O=C(c1ccc(Nc2ccnc3ccccc23)cc1)N1CCN(Cc2ccccc2)CC1. The smallest absolute Gasteiger partial charge is 0.253 e. The van der Waals surface area contributed by atoms with Crippen LogP contribution in [0, 0.1) is 0 Å². The van der Waals surface area contributed by atoms with Crippen LogP contribution in [0.25, 0.3) is 10.9 Å². The second-order valence-electron chi connectivity index (χ2n) is 8.13. The Labute approximate surface area is 188 Å². The molecule has 5 heteroatoms. The van der Waals surface area contributed by atoms with Gasteiger partial charge in [0.1, 0.15) is 0 Å². The lowest BCUT2D eigenvalue weighted by molar-refractivity contribution is 0.0628. The highest BCUT2D eigenvalue weighted by atomic mass is 16.2. The van der Waals surface area contributed by atoms with Gasteiger partial charge in [-0.2, -0.15) is 0 Å². The van der Waals surface area contributed by atoms with Crippen molar-refractivity contribution >= 4 is 28.2 Å². The monoisotopic (exact) mass is 422 g/mol. The predicted molar refractivity (Wildman–Crippen MR) is 129 cm³/mol. The van der Waals surface area contributed by atoms with E-state index in [4.69, 9.17) is 0 Å². The van der Waals surface area contributed by atoms with Gasteiger partial charge in [-0.25, -0.2) is 0 Å². The summed E-state index contributed by atoms with van der Waals surface area (Å²) in [6.45, 7) is 4.25. The van der Waals surface area contributed by atoms with Crippen LogP contribution in [0.2, 0.25) is 0 Å². The van der Waals surface area contributed by atoms with Crippen LogP contribution < -0.4 is 5.32 Å². The van der Waals surface area contributed by atoms with Crippen molar-refractivity contribution in [2.45, 2.75) is 6.54 Å². The van der Waals surface area contributed by atoms with Crippen molar-refractivity contribution in [3.8, 4) is 0 Å². The molecule has 4 aromatic rings. The number of fused-ring (bicyclic) bond motifs is 1. The number of amides is 1. The summed E-state index contributed by atoms with van der Waals surface area (Å²) in [4.78, 5) is 21.8. The van der Waals surface area contributed by atoms with Gasteiger partial charge in [0.05, 0.1) is 5.52 Å². The van der Waals surface area contributed by atoms with Gasteiger partial charge in [-0.3, -0.25) is 14.7 Å². The van der Waals surface area contributed by atoms with E-state index < -0.39 is 0 Å². The minimum atomic E-state index is 0.102. The van der Waals surface area contributed by atoms with Crippen molar-refractivity contribution in [2.24, 2.45) is 0 Å². The molecule has 2 heterocycles. The quantitative estimate of drug-likeness (QED) is 0.495. The normalized spacial score (nSPS) is 14.4. The zero-order chi connectivity index (χ0) is 21.8. The van der Waals surface area contributed by atoms with E-state index in [1.165, 1.54) is 5.56 Å². The fourth-order valence-electron chi connectivity index (χ4n) is 4.19. The van der Waals surface area contributed by atoms with Crippen LogP contribution in [0.3, 0.4) is 0 Å². The van der Waals surface area contributed by atoms with Crippen molar-refractivity contribution < 1.29 is 4.79 Å². The topological polar surface area (TPSA) is 48.5 Å². The fraction of sp³-hybridized carbons (Fsp3) is 0.185. The van der Waals surface area contributed by atoms with Gasteiger partial charge in [0, 0.05) is 61.2 Å². The Morgan fingerprint density at radius 1 is 0.812 bits per heavy atom. The van der Waals surface area contributed by atoms with Crippen LogP contribution in [-0.2, 0) is 6.54 Å². The third-order valence-electron chi connectivity index (χ3n) is 5.97. The van der Waals surface area contributed by atoms with Gasteiger partial charge < -0.3 is 10.2 Å². The van der Waals surface area contributed by atoms with Crippen LogP contribution in [0.15, 0.2) is 91.1 Å². The van der Waals surface area contributed by atoms with E-state index in [2.05, 4.69) is 45.5 Å². The van der Waals surface area contributed by atoms with Gasteiger partial charge in [0.2, 0.25) is 0 Å². The van der Waals surface area contributed by atoms with Crippen LogP contribution in [0.1, 0.15) is 15.9 Å².